The summed E-state index contributed by atoms with van der Waals surface area (Å²) in [5.41, 5.74) is 4.65. The van der Waals surface area contributed by atoms with E-state index in [0.717, 1.165) is 11.8 Å². The fourth-order valence-corrected chi connectivity index (χ4v) is 2.35. The van der Waals surface area contributed by atoms with Gasteiger partial charge in [-0.05, 0) is 88.8 Å². The molecule has 0 nitrogen and oxygen atoms in total. The summed E-state index contributed by atoms with van der Waals surface area (Å²) in [6.07, 6.45) is 5.11. The first-order valence-corrected chi connectivity index (χ1v) is 13.6. The van der Waals surface area contributed by atoms with Crippen molar-refractivity contribution in [3.05, 3.63) is 34.9 Å². The van der Waals surface area contributed by atoms with E-state index in [9.17, 15) is 0 Å². The molecular formula is C11H13Br4P. The zero-order chi connectivity index (χ0) is 12.0. The van der Waals surface area contributed by atoms with Crippen LogP contribution in [0.3, 0.4) is 0 Å². The van der Waals surface area contributed by atoms with Gasteiger partial charge in [0.25, 0.3) is 0 Å². The van der Waals surface area contributed by atoms with Crippen LogP contribution in [-0.2, 0) is 19.3 Å². The highest BCUT2D eigenvalue weighted by molar-refractivity contribution is 9.93. The van der Waals surface area contributed by atoms with Gasteiger partial charge in [0.15, 0.2) is 0 Å². The molecular weight excluding hydrogens is 483 g/mol. The Morgan fingerprint density at radius 2 is 1.69 bits per heavy atom. The minimum absolute atomic E-state index is 0.183. The molecule has 0 atom stereocenters. The molecule has 2 rings (SSSR count). The molecule has 1 aliphatic carbocycles. The Bertz CT molecular complexity index is 325. The second-order valence-corrected chi connectivity index (χ2v) is 19.7. The van der Waals surface area contributed by atoms with Crippen molar-refractivity contribution in [2.45, 2.75) is 25.7 Å². The van der Waals surface area contributed by atoms with Crippen LogP contribution in [0.2, 0.25) is 0 Å². The van der Waals surface area contributed by atoms with Gasteiger partial charge < -0.3 is 0 Å². The number of hydrogen-bond acceptors (Lipinski definition) is 0. The molecule has 0 aliphatic heterocycles. The number of fused-ring (bicyclic) bond motifs is 1. The smallest absolute Gasteiger partial charge is 0.0924 e. The second kappa shape index (κ2) is 8.63. The summed E-state index contributed by atoms with van der Waals surface area (Å²) in [5, 5.41) is 1.08. The fraction of sp³-hybridized carbons (Fsp3) is 0.455. The van der Waals surface area contributed by atoms with Crippen LogP contribution in [0.15, 0.2) is 18.2 Å². The lowest BCUT2D eigenvalue weighted by Crippen LogP contribution is -1.89. The monoisotopic (exact) mass is 492 g/mol. The Labute approximate surface area is 131 Å². The first-order valence-electron chi connectivity index (χ1n) is 5.07. The molecule has 0 saturated carbocycles. The van der Waals surface area contributed by atoms with Gasteiger partial charge in [0.05, 0.1) is 0 Å². The molecule has 5 heteroatoms. The van der Waals surface area contributed by atoms with Gasteiger partial charge in [-0.1, -0.05) is 34.1 Å². The van der Waals surface area contributed by atoms with E-state index in [1.807, 2.05) is 0 Å². The van der Waals surface area contributed by atoms with Crippen LogP contribution in [0.4, 0.5) is 0 Å². The van der Waals surface area contributed by atoms with E-state index in [0.29, 0.717) is 0 Å². The van der Waals surface area contributed by atoms with Crippen LogP contribution in [0.25, 0.3) is 0 Å². The Kier molecular flexibility index (Phi) is 8.43. The number of rotatable bonds is 2. The van der Waals surface area contributed by atoms with Gasteiger partial charge in [0.2, 0.25) is 0 Å². The van der Waals surface area contributed by atoms with Crippen molar-refractivity contribution in [1.82, 2.24) is 0 Å². The van der Waals surface area contributed by atoms with Gasteiger partial charge in [0, 0.05) is 5.33 Å². The maximum absolute atomic E-state index is 3.47. The van der Waals surface area contributed by atoms with Crippen LogP contribution in [0.5, 0.6) is 0 Å². The van der Waals surface area contributed by atoms with Gasteiger partial charge in [-0.15, -0.1) is 0 Å². The second-order valence-electron chi connectivity index (χ2n) is 3.59. The Morgan fingerprint density at radius 1 is 1.06 bits per heavy atom. The lowest BCUT2D eigenvalue weighted by molar-refractivity contribution is 0.911. The minimum atomic E-state index is -0.183. The summed E-state index contributed by atoms with van der Waals surface area (Å²) in [6, 6.07) is 6.95. The summed E-state index contributed by atoms with van der Waals surface area (Å²) >= 11 is 13.0. The molecule has 0 saturated heterocycles. The Balaban J connectivity index is 0.000000280. The van der Waals surface area contributed by atoms with E-state index in [4.69, 9.17) is 0 Å². The highest BCUT2D eigenvalue weighted by atomic mass is 80.0. The van der Waals surface area contributed by atoms with Gasteiger partial charge in [-0.25, -0.2) is 0 Å². The number of halogens is 4. The lowest BCUT2D eigenvalue weighted by atomic mass is 10.1. The predicted molar refractivity (Wildman–Crippen MR) is 89.7 cm³/mol. The molecule has 0 bridgehead atoms. The molecule has 0 radical (unpaired) electrons. The van der Waals surface area contributed by atoms with E-state index in [-0.39, 0.29) is 4.03 Å². The quantitative estimate of drug-likeness (QED) is 0.324. The SMILES string of the molecule is BrCCc1ccc2c(c1)CCC2.BrP(Br)Br. The van der Waals surface area contributed by atoms with Crippen molar-refractivity contribution < 1.29 is 0 Å². The van der Waals surface area contributed by atoms with E-state index in [2.05, 4.69) is 80.6 Å². The van der Waals surface area contributed by atoms with E-state index in [1.165, 1.54) is 24.8 Å². The highest BCUT2D eigenvalue weighted by Crippen LogP contribution is 2.59. The molecule has 90 valence electrons. The summed E-state index contributed by atoms with van der Waals surface area (Å²) in [7, 11) is 0. The third-order valence-corrected chi connectivity index (χ3v) is 2.94. The molecule has 0 aromatic heterocycles. The third-order valence-electron chi connectivity index (χ3n) is 2.55. The molecule has 0 unspecified atom stereocenters. The average Bonchev–Trinajstić information content (AvgIpc) is 2.64. The Morgan fingerprint density at radius 3 is 2.31 bits per heavy atom. The largest absolute Gasteiger partial charge is 0.103 e. The highest BCUT2D eigenvalue weighted by Gasteiger charge is 2.09. The molecule has 0 spiro atoms. The normalized spacial score (nSPS) is 13.3. The number of benzene rings is 1. The average molecular weight is 496 g/mol. The molecule has 16 heavy (non-hydrogen) atoms. The third kappa shape index (κ3) is 5.95. The number of alkyl halides is 1. The molecule has 0 N–H and O–H groups in total. The molecule has 0 fully saturated rings. The first-order chi connectivity index (χ1) is 7.63. The van der Waals surface area contributed by atoms with Gasteiger partial charge in [-0.3, -0.25) is 0 Å². The van der Waals surface area contributed by atoms with Crippen LogP contribution in [-0.4, -0.2) is 5.33 Å². The lowest BCUT2D eigenvalue weighted by Gasteiger charge is -2.02. The fourth-order valence-electron chi connectivity index (χ4n) is 1.89. The van der Waals surface area contributed by atoms with Crippen LogP contribution < -0.4 is 0 Å². The van der Waals surface area contributed by atoms with E-state index < -0.39 is 0 Å². The zero-order valence-corrected chi connectivity index (χ0v) is 16.0. The molecule has 1 aliphatic rings. The van der Waals surface area contributed by atoms with Crippen molar-refractivity contribution in [1.29, 1.82) is 0 Å². The summed E-state index contributed by atoms with van der Waals surface area (Å²) in [5.74, 6) is 0. The van der Waals surface area contributed by atoms with Crippen LogP contribution >= 0.6 is 66.4 Å². The summed E-state index contributed by atoms with van der Waals surface area (Å²) in [6.45, 7) is 0. The van der Waals surface area contributed by atoms with Gasteiger partial charge in [-0.2, -0.15) is 0 Å². The van der Waals surface area contributed by atoms with Crippen molar-refractivity contribution in [3.8, 4) is 0 Å². The molecule has 0 heterocycles. The van der Waals surface area contributed by atoms with Crippen molar-refractivity contribution in [3.63, 3.8) is 0 Å². The van der Waals surface area contributed by atoms with Crippen LogP contribution in [0, 0.1) is 0 Å². The van der Waals surface area contributed by atoms with Gasteiger partial charge in [0.1, 0.15) is 4.03 Å². The molecule has 1 aromatic rings. The number of hydrogen-bond donors (Lipinski definition) is 0. The standard InChI is InChI=1S/C11H13Br.Br3P/c12-7-6-9-4-5-10-2-1-3-11(10)8-9;1-4(2)3/h4-5,8H,1-3,6-7H2;. The van der Waals surface area contributed by atoms with Crippen molar-refractivity contribution >= 4 is 66.4 Å². The maximum atomic E-state index is 3.47. The first kappa shape index (κ1) is 15.6. The van der Waals surface area contributed by atoms with Crippen molar-refractivity contribution in [2.24, 2.45) is 0 Å². The zero-order valence-electron chi connectivity index (χ0n) is 8.73. The minimum Gasteiger partial charge on any atom is -0.0924 e. The number of aryl methyl sites for hydroxylation is 3. The molecule has 0 amide bonds. The van der Waals surface area contributed by atoms with Crippen LogP contribution in [0.1, 0.15) is 23.1 Å². The topological polar surface area (TPSA) is 0 Å². The summed E-state index contributed by atoms with van der Waals surface area (Å²) < 4.78 is -0.183. The van der Waals surface area contributed by atoms with Crippen molar-refractivity contribution in [2.75, 3.05) is 5.33 Å². The molecule has 1 aromatic carbocycles. The summed E-state index contributed by atoms with van der Waals surface area (Å²) in [4.78, 5) is 0. The van der Waals surface area contributed by atoms with E-state index >= 15 is 0 Å². The Hall–Kier alpha value is 1.57. The maximum Gasteiger partial charge on any atom is 0.103 e. The van der Waals surface area contributed by atoms with E-state index in [1.54, 1.807) is 11.1 Å². The predicted octanol–water partition coefficient (Wildman–Crippen LogP) is 6.51. The van der Waals surface area contributed by atoms with Gasteiger partial charge >= 0.3 is 0 Å².